The molecule has 7 nitrogen and oxygen atoms in total. The average Bonchev–Trinajstić information content (AvgIpc) is 3.10. The van der Waals surface area contributed by atoms with Crippen molar-refractivity contribution in [2.24, 2.45) is 0 Å². The van der Waals surface area contributed by atoms with Gasteiger partial charge < -0.3 is 24.5 Å². The van der Waals surface area contributed by atoms with E-state index in [0.717, 1.165) is 5.75 Å². The highest BCUT2D eigenvalue weighted by atomic mass is 16.5. The molecule has 0 radical (unpaired) electrons. The summed E-state index contributed by atoms with van der Waals surface area (Å²) in [5.74, 6) is 0.538. The Labute approximate surface area is 133 Å². The van der Waals surface area contributed by atoms with E-state index in [1.54, 1.807) is 43.5 Å². The molecule has 0 saturated heterocycles. The largest absolute Gasteiger partial charge is 0.497 e. The number of carbonyl (C=O) groups is 2. The van der Waals surface area contributed by atoms with Crippen LogP contribution in [0.15, 0.2) is 47.1 Å². The fraction of sp³-hybridized carbons (Fsp3) is 0.250. The third-order valence-electron chi connectivity index (χ3n) is 2.93. The van der Waals surface area contributed by atoms with Crippen molar-refractivity contribution in [3.63, 3.8) is 0 Å². The zero-order valence-corrected chi connectivity index (χ0v) is 12.7. The van der Waals surface area contributed by atoms with Crippen LogP contribution in [-0.2, 0) is 16.1 Å². The first-order chi connectivity index (χ1) is 11.2. The second-order valence-corrected chi connectivity index (χ2v) is 4.54. The van der Waals surface area contributed by atoms with Crippen molar-refractivity contribution in [3.05, 3.63) is 48.4 Å². The van der Waals surface area contributed by atoms with Gasteiger partial charge in [0.2, 0.25) is 0 Å². The van der Waals surface area contributed by atoms with E-state index in [9.17, 15) is 9.59 Å². The summed E-state index contributed by atoms with van der Waals surface area (Å²) >= 11 is 0. The molecule has 2 amide bonds. The Morgan fingerprint density at radius 3 is 2.39 bits per heavy atom. The summed E-state index contributed by atoms with van der Waals surface area (Å²) in [6.45, 7) is 0.643. The molecule has 1 heterocycles. The van der Waals surface area contributed by atoms with Crippen LogP contribution in [0, 0.1) is 0 Å². The number of hydrogen-bond acceptors (Lipinski definition) is 5. The van der Waals surface area contributed by atoms with Crippen molar-refractivity contribution < 1.29 is 23.5 Å². The SMILES string of the molecule is COc1ccc(OCCNC(=O)C(=O)NCc2ccco2)cc1. The van der Waals surface area contributed by atoms with E-state index in [-0.39, 0.29) is 19.7 Å². The van der Waals surface area contributed by atoms with Gasteiger partial charge in [-0.05, 0) is 36.4 Å². The van der Waals surface area contributed by atoms with Crippen molar-refractivity contribution in [2.75, 3.05) is 20.3 Å². The molecule has 2 aromatic rings. The number of hydrogen-bond donors (Lipinski definition) is 2. The topological polar surface area (TPSA) is 89.8 Å². The van der Waals surface area contributed by atoms with Gasteiger partial charge in [-0.2, -0.15) is 0 Å². The molecular weight excluding hydrogens is 300 g/mol. The van der Waals surface area contributed by atoms with Gasteiger partial charge in [-0.1, -0.05) is 0 Å². The Balaban J connectivity index is 1.62. The molecule has 0 fully saturated rings. The lowest BCUT2D eigenvalue weighted by molar-refractivity contribution is -0.139. The minimum absolute atomic E-state index is 0.168. The van der Waals surface area contributed by atoms with Gasteiger partial charge in [-0.15, -0.1) is 0 Å². The lowest BCUT2D eigenvalue weighted by atomic mass is 10.3. The maximum Gasteiger partial charge on any atom is 0.309 e. The van der Waals surface area contributed by atoms with Gasteiger partial charge >= 0.3 is 11.8 Å². The van der Waals surface area contributed by atoms with Gasteiger partial charge in [0.15, 0.2) is 0 Å². The van der Waals surface area contributed by atoms with Crippen LogP contribution < -0.4 is 20.1 Å². The fourth-order valence-corrected chi connectivity index (χ4v) is 1.75. The van der Waals surface area contributed by atoms with Crippen LogP contribution in [0.3, 0.4) is 0 Å². The maximum absolute atomic E-state index is 11.6. The summed E-state index contributed by atoms with van der Waals surface area (Å²) in [6, 6.07) is 10.5. The molecule has 122 valence electrons. The van der Waals surface area contributed by atoms with Crippen molar-refractivity contribution in [1.82, 2.24) is 10.6 Å². The molecule has 0 aliphatic heterocycles. The van der Waals surface area contributed by atoms with Crippen LogP contribution in [0.5, 0.6) is 11.5 Å². The first-order valence-electron chi connectivity index (χ1n) is 7.04. The van der Waals surface area contributed by atoms with Crippen LogP contribution in [-0.4, -0.2) is 32.1 Å². The van der Waals surface area contributed by atoms with Crippen LogP contribution in [0.2, 0.25) is 0 Å². The normalized spacial score (nSPS) is 9.96. The summed E-state index contributed by atoms with van der Waals surface area (Å²) in [6.07, 6.45) is 1.50. The lowest BCUT2D eigenvalue weighted by Gasteiger charge is -2.08. The summed E-state index contributed by atoms with van der Waals surface area (Å²) in [4.78, 5) is 23.1. The van der Waals surface area contributed by atoms with Crippen LogP contribution in [0.25, 0.3) is 0 Å². The molecule has 1 aromatic carbocycles. The molecule has 7 heteroatoms. The number of carbonyl (C=O) groups excluding carboxylic acids is 2. The third kappa shape index (κ3) is 5.39. The highest BCUT2D eigenvalue weighted by Crippen LogP contribution is 2.16. The molecule has 0 unspecified atom stereocenters. The molecule has 1 aromatic heterocycles. The number of amides is 2. The predicted molar refractivity (Wildman–Crippen MR) is 82.1 cm³/mol. The molecule has 0 bridgehead atoms. The number of benzene rings is 1. The van der Waals surface area contributed by atoms with E-state index >= 15 is 0 Å². The van der Waals surface area contributed by atoms with Crippen molar-refractivity contribution in [3.8, 4) is 11.5 Å². The standard InChI is InChI=1S/C16H18N2O5/c1-21-12-4-6-13(7-5-12)23-10-8-17-15(19)16(20)18-11-14-3-2-9-22-14/h2-7,9H,8,10-11H2,1H3,(H,17,19)(H,18,20). The number of rotatable bonds is 7. The Morgan fingerprint density at radius 1 is 1.04 bits per heavy atom. The maximum atomic E-state index is 11.6. The Kier molecular flexibility index (Phi) is 6.05. The summed E-state index contributed by atoms with van der Waals surface area (Å²) in [7, 11) is 1.59. The monoisotopic (exact) mass is 318 g/mol. The smallest absolute Gasteiger partial charge is 0.309 e. The van der Waals surface area contributed by atoms with E-state index in [2.05, 4.69) is 10.6 Å². The summed E-state index contributed by atoms with van der Waals surface area (Å²) in [5.41, 5.74) is 0. The van der Waals surface area contributed by atoms with E-state index in [4.69, 9.17) is 13.9 Å². The lowest BCUT2D eigenvalue weighted by Crippen LogP contribution is -2.41. The number of methoxy groups -OCH3 is 1. The fourth-order valence-electron chi connectivity index (χ4n) is 1.75. The summed E-state index contributed by atoms with van der Waals surface area (Å²) < 4.78 is 15.5. The average molecular weight is 318 g/mol. The van der Waals surface area contributed by atoms with E-state index in [1.165, 1.54) is 6.26 Å². The Hall–Kier alpha value is -2.96. The van der Waals surface area contributed by atoms with Gasteiger partial charge in [-0.25, -0.2) is 0 Å². The first-order valence-corrected chi connectivity index (χ1v) is 7.04. The highest BCUT2D eigenvalue weighted by molar-refractivity contribution is 6.35. The molecular formula is C16H18N2O5. The molecule has 2 N–H and O–H groups in total. The molecule has 23 heavy (non-hydrogen) atoms. The second kappa shape index (κ2) is 8.47. The molecule has 0 aliphatic rings. The van der Waals surface area contributed by atoms with Crippen LogP contribution in [0.1, 0.15) is 5.76 Å². The van der Waals surface area contributed by atoms with Gasteiger partial charge in [0.05, 0.1) is 26.5 Å². The predicted octanol–water partition coefficient (Wildman–Crippen LogP) is 1.10. The highest BCUT2D eigenvalue weighted by Gasteiger charge is 2.12. The zero-order chi connectivity index (χ0) is 16.5. The Morgan fingerprint density at radius 2 is 1.74 bits per heavy atom. The van der Waals surface area contributed by atoms with Gasteiger partial charge in [0.25, 0.3) is 0 Å². The molecule has 0 saturated carbocycles. The second-order valence-electron chi connectivity index (χ2n) is 4.54. The molecule has 2 rings (SSSR count). The third-order valence-corrected chi connectivity index (χ3v) is 2.93. The van der Waals surface area contributed by atoms with Crippen molar-refractivity contribution in [1.29, 1.82) is 0 Å². The van der Waals surface area contributed by atoms with E-state index in [1.807, 2.05) is 0 Å². The van der Waals surface area contributed by atoms with Crippen LogP contribution in [0.4, 0.5) is 0 Å². The van der Waals surface area contributed by atoms with Gasteiger partial charge in [-0.3, -0.25) is 9.59 Å². The van der Waals surface area contributed by atoms with Crippen LogP contribution >= 0.6 is 0 Å². The molecule has 0 atom stereocenters. The number of nitrogens with one attached hydrogen (secondary N) is 2. The molecule has 0 spiro atoms. The van der Waals surface area contributed by atoms with Gasteiger partial charge in [0.1, 0.15) is 23.9 Å². The van der Waals surface area contributed by atoms with Crippen molar-refractivity contribution >= 4 is 11.8 Å². The van der Waals surface area contributed by atoms with Gasteiger partial charge in [0, 0.05) is 0 Å². The van der Waals surface area contributed by atoms with E-state index < -0.39 is 11.8 Å². The number of ether oxygens (including phenoxy) is 2. The summed E-state index contributed by atoms with van der Waals surface area (Å²) in [5, 5.41) is 4.93. The zero-order valence-electron chi connectivity index (χ0n) is 12.7. The van der Waals surface area contributed by atoms with Crippen molar-refractivity contribution in [2.45, 2.75) is 6.54 Å². The number of furan rings is 1. The minimum Gasteiger partial charge on any atom is -0.497 e. The molecule has 0 aliphatic carbocycles. The minimum atomic E-state index is -0.717. The quantitative estimate of drug-likeness (QED) is 0.589. The first kappa shape index (κ1) is 16.4. The Bertz CT molecular complexity index is 622. The van der Waals surface area contributed by atoms with E-state index in [0.29, 0.717) is 11.5 Å².